The fourth-order valence-electron chi connectivity index (χ4n) is 1.89. The Bertz CT molecular complexity index is 365. The molecule has 1 aliphatic carbocycles. The molecule has 1 aliphatic rings. The Morgan fingerprint density at radius 2 is 2.00 bits per heavy atom. The molecular weight excluding hydrogens is 252 g/mol. The van der Waals surface area contributed by atoms with Crippen molar-refractivity contribution >= 4 is 18.0 Å². The normalized spacial score (nSPS) is 17.8. The molecule has 0 heterocycles. The average Bonchev–Trinajstić information content (AvgIpc) is 2.27. The summed E-state index contributed by atoms with van der Waals surface area (Å²) in [6, 6.07) is -1.32. The smallest absolute Gasteiger partial charge is 0.328 e. The summed E-state index contributed by atoms with van der Waals surface area (Å²) < 4.78 is 4.74. The van der Waals surface area contributed by atoms with E-state index in [2.05, 4.69) is 10.6 Å². The summed E-state index contributed by atoms with van der Waals surface area (Å²) in [4.78, 5) is 33.9. The molecule has 1 atom stereocenters. The van der Waals surface area contributed by atoms with Crippen LogP contribution in [-0.2, 0) is 14.3 Å². The Morgan fingerprint density at radius 3 is 2.42 bits per heavy atom. The number of rotatable bonds is 6. The topological polar surface area (TPSA) is 105 Å². The minimum Gasteiger partial charge on any atom is -0.481 e. The van der Waals surface area contributed by atoms with Gasteiger partial charge in [-0.3, -0.25) is 4.79 Å². The summed E-state index contributed by atoms with van der Waals surface area (Å²) in [6.07, 6.45) is 1.99. The summed E-state index contributed by atoms with van der Waals surface area (Å²) in [5.41, 5.74) is -0.843. The molecule has 0 bridgehead atoms. The summed E-state index contributed by atoms with van der Waals surface area (Å²) in [7, 11) is 0. The highest BCUT2D eigenvalue weighted by Crippen LogP contribution is 2.40. The second kappa shape index (κ2) is 6.40. The van der Waals surface area contributed by atoms with Gasteiger partial charge in [0.1, 0.15) is 6.04 Å². The van der Waals surface area contributed by atoms with E-state index in [0.29, 0.717) is 12.8 Å². The van der Waals surface area contributed by atoms with Gasteiger partial charge in [-0.15, -0.1) is 0 Å². The standard InChI is InChI=1S/C12H20N2O5/c1-3-19-9(15)8(2)14-11(18)13-7-12(10(16)17)5-4-6-12/h8H,3-7H2,1-2H3,(H,16,17)(H2,13,14,18). The summed E-state index contributed by atoms with van der Waals surface area (Å²) >= 11 is 0. The maximum Gasteiger partial charge on any atom is 0.328 e. The molecule has 1 rings (SSSR count). The molecule has 1 unspecified atom stereocenters. The predicted octanol–water partition coefficient (Wildman–Crippen LogP) is 0.492. The maximum absolute atomic E-state index is 11.5. The number of ether oxygens (including phenoxy) is 1. The molecule has 3 N–H and O–H groups in total. The molecule has 0 aliphatic heterocycles. The van der Waals surface area contributed by atoms with Crippen LogP contribution < -0.4 is 10.6 Å². The SMILES string of the molecule is CCOC(=O)C(C)NC(=O)NCC1(C(=O)O)CCC1. The van der Waals surface area contributed by atoms with E-state index in [0.717, 1.165) is 6.42 Å². The number of hydrogen-bond donors (Lipinski definition) is 3. The van der Waals surface area contributed by atoms with Gasteiger partial charge in [0.25, 0.3) is 0 Å². The molecule has 108 valence electrons. The number of hydrogen-bond acceptors (Lipinski definition) is 4. The lowest BCUT2D eigenvalue weighted by molar-refractivity contribution is -0.154. The van der Waals surface area contributed by atoms with Crippen LogP contribution in [0.5, 0.6) is 0 Å². The van der Waals surface area contributed by atoms with Crippen molar-refractivity contribution in [3.8, 4) is 0 Å². The highest BCUT2D eigenvalue weighted by molar-refractivity contribution is 5.84. The van der Waals surface area contributed by atoms with Crippen LogP contribution in [0.2, 0.25) is 0 Å². The van der Waals surface area contributed by atoms with Crippen molar-refractivity contribution in [2.24, 2.45) is 5.41 Å². The Labute approximate surface area is 111 Å². The van der Waals surface area contributed by atoms with Gasteiger partial charge in [-0.25, -0.2) is 9.59 Å². The van der Waals surface area contributed by atoms with Gasteiger partial charge in [0, 0.05) is 6.54 Å². The molecule has 0 aromatic heterocycles. The van der Waals surface area contributed by atoms with Crippen molar-refractivity contribution < 1.29 is 24.2 Å². The molecule has 0 saturated heterocycles. The van der Waals surface area contributed by atoms with Crippen molar-refractivity contribution in [3.63, 3.8) is 0 Å². The number of aliphatic carboxylic acids is 1. The van der Waals surface area contributed by atoms with Crippen LogP contribution in [0.3, 0.4) is 0 Å². The van der Waals surface area contributed by atoms with Gasteiger partial charge in [0.2, 0.25) is 0 Å². The quantitative estimate of drug-likeness (QED) is 0.610. The number of amides is 2. The van der Waals surface area contributed by atoms with E-state index in [1.807, 2.05) is 0 Å². The third kappa shape index (κ3) is 3.84. The second-order valence-electron chi connectivity index (χ2n) is 4.74. The molecule has 2 amide bonds. The van der Waals surface area contributed by atoms with Crippen LogP contribution in [0.4, 0.5) is 4.79 Å². The van der Waals surface area contributed by atoms with E-state index in [-0.39, 0.29) is 13.2 Å². The van der Waals surface area contributed by atoms with Crippen LogP contribution in [0.15, 0.2) is 0 Å². The van der Waals surface area contributed by atoms with Gasteiger partial charge >= 0.3 is 18.0 Å². The molecule has 0 spiro atoms. The van der Waals surface area contributed by atoms with Gasteiger partial charge in [0.15, 0.2) is 0 Å². The molecule has 1 fully saturated rings. The third-order valence-electron chi connectivity index (χ3n) is 3.34. The van der Waals surface area contributed by atoms with Crippen molar-refractivity contribution in [2.45, 2.75) is 39.2 Å². The monoisotopic (exact) mass is 272 g/mol. The lowest BCUT2D eigenvalue weighted by atomic mass is 9.69. The molecule has 7 heteroatoms. The second-order valence-corrected chi connectivity index (χ2v) is 4.74. The van der Waals surface area contributed by atoms with E-state index < -0.39 is 29.4 Å². The number of nitrogens with one attached hydrogen (secondary N) is 2. The Kier molecular flexibility index (Phi) is 5.14. The zero-order chi connectivity index (χ0) is 14.5. The van der Waals surface area contributed by atoms with E-state index >= 15 is 0 Å². The number of urea groups is 1. The van der Waals surface area contributed by atoms with Crippen molar-refractivity contribution in [1.29, 1.82) is 0 Å². The highest BCUT2D eigenvalue weighted by Gasteiger charge is 2.44. The molecule has 19 heavy (non-hydrogen) atoms. The first kappa shape index (κ1) is 15.3. The number of carboxylic acids is 1. The van der Waals surface area contributed by atoms with Crippen LogP contribution in [-0.4, -0.2) is 42.3 Å². The summed E-state index contributed by atoms with van der Waals surface area (Å²) in [5, 5.41) is 14.0. The van der Waals surface area contributed by atoms with E-state index in [4.69, 9.17) is 9.84 Å². The lowest BCUT2D eigenvalue weighted by Gasteiger charge is -2.37. The maximum atomic E-state index is 11.5. The van der Waals surface area contributed by atoms with E-state index in [1.165, 1.54) is 6.92 Å². The van der Waals surface area contributed by atoms with Crippen LogP contribution in [0.25, 0.3) is 0 Å². The van der Waals surface area contributed by atoms with Crippen molar-refractivity contribution in [2.75, 3.05) is 13.2 Å². The third-order valence-corrected chi connectivity index (χ3v) is 3.34. The Hall–Kier alpha value is -1.79. The number of carbonyl (C=O) groups excluding carboxylic acids is 2. The molecule has 0 radical (unpaired) electrons. The largest absolute Gasteiger partial charge is 0.481 e. The minimum absolute atomic E-state index is 0.0731. The fourth-order valence-corrected chi connectivity index (χ4v) is 1.89. The first-order valence-corrected chi connectivity index (χ1v) is 6.35. The molecule has 0 aromatic rings. The minimum atomic E-state index is -0.891. The zero-order valence-electron chi connectivity index (χ0n) is 11.2. The van der Waals surface area contributed by atoms with Crippen LogP contribution in [0, 0.1) is 5.41 Å². The Balaban J connectivity index is 2.35. The number of carbonyl (C=O) groups is 3. The van der Waals surface area contributed by atoms with Crippen molar-refractivity contribution in [1.82, 2.24) is 10.6 Å². The van der Waals surface area contributed by atoms with Gasteiger partial charge in [-0.2, -0.15) is 0 Å². The summed E-state index contributed by atoms with van der Waals surface area (Å²) in [5.74, 6) is -1.41. The van der Waals surface area contributed by atoms with Gasteiger partial charge in [-0.05, 0) is 26.7 Å². The van der Waals surface area contributed by atoms with E-state index in [9.17, 15) is 14.4 Å². The fraction of sp³-hybridized carbons (Fsp3) is 0.750. The van der Waals surface area contributed by atoms with Gasteiger partial charge in [0.05, 0.1) is 12.0 Å². The molecule has 7 nitrogen and oxygen atoms in total. The predicted molar refractivity (Wildman–Crippen MR) is 66.5 cm³/mol. The Morgan fingerprint density at radius 1 is 1.37 bits per heavy atom. The zero-order valence-corrected chi connectivity index (χ0v) is 11.2. The molecule has 0 aromatic carbocycles. The first-order chi connectivity index (χ1) is 8.91. The molecular formula is C12H20N2O5. The van der Waals surface area contributed by atoms with Crippen molar-refractivity contribution in [3.05, 3.63) is 0 Å². The van der Waals surface area contributed by atoms with Crippen LogP contribution >= 0.6 is 0 Å². The number of esters is 1. The van der Waals surface area contributed by atoms with Crippen LogP contribution in [0.1, 0.15) is 33.1 Å². The molecule has 1 saturated carbocycles. The highest BCUT2D eigenvalue weighted by atomic mass is 16.5. The summed E-state index contributed by atoms with van der Waals surface area (Å²) in [6.45, 7) is 3.50. The van der Waals surface area contributed by atoms with E-state index in [1.54, 1.807) is 6.92 Å². The van der Waals surface area contributed by atoms with Gasteiger partial charge in [-0.1, -0.05) is 6.42 Å². The van der Waals surface area contributed by atoms with Gasteiger partial charge < -0.3 is 20.5 Å². The first-order valence-electron chi connectivity index (χ1n) is 6.35. The lowest BCUT2D eigenvalue weighted by Crippen LogP contribution is -2.52. The average molecular weight is 272 g/mol. The number of carboxylic acid groups (broad SMARTS) is 1.